The molecule has 1 heterocycles. The molecule has 0 spiro atoms. The number of benzene rings is 1. The van der Waals surface area contributed by atoms with Gasteiger partial charge in [-0.3, -0.25) is 4.79 Å². The smallest absolute Gasteiger partial charge is 0.208 e. The van der Waals surface area contributed by atoms with Crippen LogP contribution in [0.4, 0.5) is 8.78 Å². The highest BCUT2D eigenvalue weighted by atomic mass is 79.9. The van der Waals surface area contributed by atoms with Gasteiger partial charge in [0.2, 0.25) is 5.78 Å². The molecule has 1 aromatic carbocycles. The Morgan fingerprint density at radius 1 is 1.17 bits per heavy atom. The molecule has 2 rings (SSSR count). The minimum Gasteiger partial charge on any atom is -0.287 e. The van der Waals surface area contributed by atoms with Crippen molar-refractivity contribution in [2.24, 2.45) is 0 Å². The first-order valence-electron chi connectivity index (χ1n) is 4.54. The van der Waals surface area contributed by atoms with Crippen LogP contribution in [0.15, 0.2) is 27.1 Å². The second kappa shape index (κ2) is 5.36. The lowest BCUT2D eigenvalue weighted by atomic mass is 10.1. The van der Waals surface area contributed by atoms with Crippen molar-refractivity contribution < 1.29 is 13.6 Å². The van der Waals surface area contributed by atoms with Gasteiger partial charge in [-0.15, -0.1) is 11.3 Å². The summed E-state index contributed by atoms with van der Waals surface area (Å²) in [5, 5.41) is 0. The molecule has 0 atom stereocenters. The van der Waals surface area contributed by atoms with E-state index >= 15 is 0 Å². The summed E-state index contributed by atoms with van der Waals surface area (Å²) >= 11 is 12.8. The van der Waals surface area contributed by atoms with E-state index in [1.807, 2.05) is 0 Å². The maximum atomic E-state index is 13.6. The molecule has 0 saturated heterocycles. The Morgan fingerprint density at radius 3 is 2.17 bits per heavy atom. The van der Waals surface area contributed by atoms with Crippen LogP contribution in [-0.2, 0) is 0 Å². The fraction of sp³-hybridized carbons (Fsp3) is 0. The highest BCUT2D eigenvalue weighted by Crippen LogP contribution is 2.34. The van der Waals surface area contributed by atoms with E-state index in [1.165, 1.54) is 6.07 Å². The predicted molar refractivity (Wildman–Crippen MR) is 74.5 cm³/mol. The third-order valence-electron chi connectivity index (χ3n) is 2.10. The fourth-order valence-electron chi connectivity index (χ4n) is 1.34. The van der Waals surface area contributed by atoms with E-state index in [9.17, 15) is 13.6 Å². The van der Waals surface area contributed by atoms with Crippen LogP contribution in [0.1, 0.15) is 15.2 Å². The van der Waals surface area contributed by atoms with Crippen molar-refractivity contribution in [3.05, 3.63) is 53.6 Å². The van der Waals surface area contributed by atoms with Crippen LogP contribution in [0.5, 0.6) is 0 Å². The zero-order valence-corrected chi connectivity index (χ0v) is 13.2. The van der Waals surface area contributed by atoms with Crippen molar-refractivity contribution in [1.82, 2.24) is 0 Å². The summed E-state index contributed by atoms with van der Waals surface area (Å²) in [7, 11) is 0. The topological polar surface area (TPSA) is 17.1 Å². The Morgan fingerprint density at radius 2 is 1.72 bits per heavy atom. The first-order chi connectivity index (χ1) is 8.40. The van der Waals surface area contributed by atoms with E-state index in [0.717, 1.165) is 23.5 Å². The summed E-state index contributed by atoms with van der Waals surface area (Å²) in [5.74, 6) is -2.55. The SMILES string of the molecule is O=C(c1cc(Br)c(Cl)s1)c1c(F)cc(Br)cc1F. The number of carbonyl (C=O) groups is 1. The number of rotatable bonds is 2. The average molecular weight is 416 g/mol. The molecule has 0 amide bonds. The van der Waals surface area contributed by atoms with Crippen molar-refractivity contribution >= 4 is 60.6 Å². The number of carbonyl (C=O) groups excluding carboxylic acids is 1. The molecule has 0 radical (unpaired) electrons. The molecule has 0 fully saturated rings. The largest absolute Gasteiger partial charge is 0.287 e. The Bertz CT molecular complexity index is 599. The Kier molecular flexibility index (Phi) is 4.21. The molecule has 1 nitrogen and oxygen atoms in total. The Hall–Kier alpha value is -0.300. The molecular weight excluding hydrogens is 413 g/mol. The summed E-state index contributed by atoms with van der Waals surface area (Å²) in [4.78, 5) is 12.2. The maximum Gasteiger partial charge on any atom is 0.208 e. The van der Waals surface area contributed by atoms with Crippen molar-refractivity contribution in [3.63, 3.8) is 0 Å². The molecule has 0 saturated carbocycles. The fourth-order valence-corrected chi connectivity index (χ4v) is 3.39. The van der Waals surface area contributed by atoms with E-state index in [2.05, 4.69) is 31.9 Å². The van der Waals surface area contributed by atoms with E-state index < -0.39 is 23.0 Å². The molecule has 0 aliphatic heterocycles. The Balaban J connectivity index is 2.52. The number of hydrogen-bond acceptors (Lipinski definition) is 2. The summed E-state index contributed by atoms with van der Waals surface area (Å²) in [6, 6.07) is 3.53. The highest BCUT2D eigenvalue weighted by molar-refractivity contribution is 9.10. The summed E-state index contributed by atoms with van der Waals surface area (Å²) in [6.45, 7) is 0. The van der Waals surface area contributed by atoms with Gasteiger partial charge in [-0.1, -0.05) is 27.5 Å². The minimum absolute atomic E-state index is 0.173. The maximum absolute atomic E-state index is 13.6. The van der Waals surface area contributed by atoms with Crippen LogP contribution in [0.25, 0.3) is 0 Å². The zero-order chi connectivity index (χ0) is 13.4. The molecule has 94 valence electrons. The summed E-state index contributed by atoms with van der Waals surface area (Å²) in [5.41, 5.74) is -0.580. The van der Waals surface area contributed by atoms with Gasteiger partial charge in [0.1, 0.15) is 16.0 Å². The molecule has 0 unspecified atom stereocenters. The highest BCUT2D eigenvalue weighted by Gasteiger charge is 2.22. The quantitative estimate of drug-likeness (QED) is 0.596. The molecule has 7 heteroatoms. The molecule has 1 aromatic heterocycles. The zero-order valence-electron chi connectivity index (χ0n) is 8.44. The summed E-state index contributed by atoms with van der Waals surface area (Å²) < 4.78 is 28.4. The van der Waals surface area contributed by atoms with E-state index in [-0.39, 0.29) is 9.35 Å². The number of thiophene rings is 1. The van der Waals surface area contributed by atoms with Crippen LogP contribution < -0.4 is 0 Å². The third-order valence-corrected chi connectivity index (χ3v) is 5.03. The molecule has 2 aromatic rings. The van der Waals surface area contributed by atoms with E-state index in [1.54, 1.807) is 0 Å². The second-order valence-corrected chi connectivity index (χ2v) is 6.73. The van der Waals surface area contributed by atoms with Gasteiger partial charge in [0.25, 0.3) is 0 Å². The lowest BCUT2D eigenvalue weighted by Crippen LogP contribution is -2.06. The lowest BCUT2D eigenvalue weighted by Gasteiger charge is -2.03. The average Bonchev–Trinajstić information content (AvgIpc) is 2.57. The van der Waals surface area contributed by atoms with Crippen molar-refractivity contribution in [2.75, 3.05) is 0 Å². The second-order valence-electron chi connectivity index (χ2n) is 3.31. The van der Waals surface area contributed by atoms with Gasteiger partial charge in [0.05, 0.1) is 10.4 Å². The normalized spacial score (nSPS) is 10.7. The van der Waals surface area contributed by atoms with Crippen molar-refractivity contribution in [2.45, 2.75) is 0 Å². The molecule has 0 N–H and O–H groups in total. The number of hydrogen-bond donors (Lipinski definition) is 0. The predicted octanol–water partition coefficient (Wildman–Crippen LogP) is 5.44. The van der Waals surface area contributed by atoms with Gasteiger partial charge in [-0.05, 0) is 34.1 Å². The third kappa shape index (κ3) is 2.66. The summed E-state index contributed by atoms with van der Waals surface area (Å²) in [6.07, 6.45) is 0. The van der Waals surface area contributed by atoms with Crippen LogP contribution in [0.3, 0.4) is 0 Å². The molecule has 0 aliphatic rings. The first kappa shape index (κ1) is 14.1. The van der Waals surface area contributed by atoms with Crippen LogP contribution in [0.2, 0.25) is 4.34 Å². The van der Waals surface area contributed by atoms with Gasteiger partial charge < -0.3 is 0 Å². The number of ketones is 1. The molecule has 18 heavy (non-hydrogen) atoms. The van der Waals surface area contributed by atoms with Gasteiger partial charge in [0.15, 0.2) is 0 Å². The van der Waals surface area contributed by atoms with Crippen molar-refractivity contribution in [3.8, 4) is 0 Å². The van der Waals surface area contributed by atoms with Crippen LogP contribution >= 0.6 is 54.8 Å². The van der Waals surface area contributed by atoms with Gasteiger partial charge >= 0.3 is 0 Å². The first-order valence-corrected chi connectivity index (χ1v) is 7.32. The number of halogens is 5. The monoisotopic (exact) mass is 414 g/mol. The molecular formula is C11H3Br2ClF2OS. The van der Waals surface area contributed by atoms with Gasteiger partial charge in [-0.2, -0.15) is 0 Å². The van der Waals surface area contributed by atoms with Crippen LogP contribution in [0, 0.1) is 11.6 Å². The van der Waals surface area contributed by atoms with Gasteiger partial charge in [-0.25, -0.2) is 8.78 Å². The van der Waals surface area contributed by atoms with E-state index in [0.29, 0.717) is 8.81 Å². The van der Waals surface area contributed by atoms with Crippen molar-refractivity contribution in [1.29, 1.82) is 0 Å². The Labute approximate surface area is 127 Å². The molecule has 0 bridgehead atoms. The molecule has 0 aliphatic carbocycles. The van der Waals surface area contributed by atoms with Crippen LogP contribution in [-0.4, -0.2) is 5.78 Å². The van der Waals surface area contributed by atoms with E-state index in [4.69, 9.17) is 11.6 Å². The van der Waals surface area contributed by atoms with Gasteiger partial charge in [0, 0.05) is 8.95 Å². The lowest BCUT2D eigenvalue weighted by molar-refractivity contribution is 0.103. The standard InChI is InChI=1S/C11H3Br2ClF2OS/c12-4-1-6(15)9(7(16)2-4)10(17)8-3-5(13)11(14)18-8/h1-3H. The minimum atomic E-state index is -0.910.